The Morgan fingerprint density at radius 1 is 1.25 bits per heavy atom. The number of hydrogen-bond acceptors (Lipinski definition) is 3. The van der Waals surface area contributed by atoms with E-state index in [-0.39, 0.29) is 6.04 Å². The predicted molar refractivity (Wildman–Crippen MR) is 78.8 cm³/mol. The van der Waals surface area contributed by atoms with Crippen molar-refractivity contribution in [3.05, 3.63) is 71.7 Å². The molecule has 0 aliphatic heterocycles. The monoisotopic (exact) mass is 287 g/mol. The van der Waals surface area contributed by atoms with Crippen molar-refractivity contribution in [3.63, 3.8) is 0 Å². The smallest absolute Gasteiger partial charge is 0.143 e. The maximum absolute atomic E-state index is 6.21. The SMILES string of the molecule is Cn1ccnc1C(Nc1ccccc1Cl)c1ccco1. The van der Waals surface area contributed by atoms with Gasteiger partial charge in [-0.1, -0.05) is 23.7 Å². The summed E-state index contributed by atoms with van der Waals surface area (Å²) in [6, 6.07) is 11.2. The lowest BCUT2D eigenvalue weighted by atomic mass is 10.2. The number of benzene rings is 1. The fraction of sp³-hybridized carbons (Fsp3) is 0.133. The first-order valence-corrected chi connectivity index (χ1v) is 6.65. The molecule has 5 heteroatoms. The van der Waals surface area contributed by atoms with Gasteiger partial charge in [0, 0.05) is 19.4 Å². The van der Waals surface area contributed by atoms with E-state index in [1.807, 2.05) is 54.2 Å². The summed E-state index contributed by atoms with van der Waals surface area (Å²) in [4.78, 5) is 4.40. The van der Waals surface area contributed by atoms with Crippen LogP contribution in [0.2, 0.25) is 5.02 Å². The highest BCUT2D eigenvalue weighted by molar-refractivity contribution is 6.33. The highest BCUT2D eigenvalue weighted by atomic mass is 35.5. The second-order valence-electron chi connectivity index (χ2n) is 4.47. The molecular weight excluding hydrogens is 274 g/mol. The first-order chi connectivity index (χ1) is 9.75. The Bertz CT molecular complexity index is 691. The molecule has 3 rings (SSSR count). The van der Waals surface area contributed by atoms with Gasteiger partial charge in [0.05, 0.1) is 17.0 Å². The number of hydrogen-bond donors (Lipinski definition) is 1. The Labute approximate surface area is 122 Å². The molecule has 0 aliphatic carbocycles. The zero-order chi connectivity index (χ0) is 13.9. The van der Waals surface area contributed by atoms with E-state index < -0.39 is 0 Å². The summed E-state index contributed by atoms with van der Waals surface area (Å²) in [5, 5.41) is 4.05. The number of nitrogens with zero attached hydrogens (tertiary/aromatic N) is 2. The number of para-hydroxylation sites is 1. The number of aryl methyl sites for hydroxylation is 1. The van der Waals surface area contributed by atoms with Crippen molar-refractivity contribution in [1.82, 2.24) is 9.55 Å². The molecule has 0 amide bonds. The molecule has 4 nitrogen and oxygen atoms in total. The van der Waals surface area contributed by atoms with E-state index in [0.29, 0.717) is 5.02 Å². The third-order valence-electron chi connectivity index (χ3n) is 3.12. The first kappa shape index (κ1) is 12.8. The number of halogens is 1. The van der Waals surface area contributed by atoms with Gasteiger partial charge >= 0.3 is 0 Å². The van der Waals surface area contributed by atoms with Gasteiger partial charge in [0.15, 0.2) is 0 Å². The summed E-state index contributed by atoms with van der Waals surface area (Å²) in [6.07, 6.45) is 5.32. The minimum absolute atomic E-state index is 0.190. The maximum Gasteiger partial charge on any atom is 0.143 e. The molecule has 2 aromatic heterocycles. The molecule has 0 fully saturated rings. The van der Waals surface area contributed by atoms with E-state index in [1.165, 1.54) is 0 Å². The maximum atomic E-state index is 6.21. The Hall–Kier alpha value is -2.20. The second-order valence-corrected chi connectivity index (χ2v) is 4.88. The molecule has 0 saturated heterocycles. The van der Waals surface area contributed by atoms with Crippen molar-refractivity contribution in [2.45, 2.75) is 6.04 Å². The molecule has 0 bridgehead atoms. The van der Waals surface area contributed by atoms with Crippen LogP contribution < -0.4 is 5.32 Å². The van der Waals surface area contributed by atoms with Crippen LogP contribution in [-0.2, 0) is 7.05 Å². The fourth-order valence-electron chi connectivity index (χ4n) is 2.11. The van der Waals surface area contributed by atoms with E-state index in [2.05, 4.69) is 10.3 Å². The summed E-state index contributed by atoms with van der Waals surface area (Å²) in [5.41, 5.74) is 0.846. The third-order valence-corrected chi connectivity index (χ3v) is 3.45. The Kier molecular flexibility index (Phi) is 3.48. The zero-order valence-corrected chi connectivity index (χ0v) is 11.7. The Balaban J connectivity index is 1.99. The summed E-state index contributed by atoms with van der Waals surface area (Å²) in [6.45, 7) is 0. The van der Waals surface area contributed by atoms with E-state index in [0.717, 1.165) is 17.3 Å². The van der Waals surface area contributed by atoms with Crippen molar-refractivity contribution >= 4 is 17.3 Å². The lowest BCUT2D eigenvalue weighted by molar-refractivity contribution is 0.488. The van der Waals surface area contributed by atoms with E-state index in [1.54, 1.807) is 12.5 Å². The molecule has 0 radical (unpaired) electrons. The summed E-state index contributed by atoms with van der Waals surface area (Å²) >= 11 is 6.21. The molecule has 20 heavy (non-hydrogen) atoms. The van der Waals surface area contributed by atoms with Gasteiger partial charge in [-0.3, -0.25) is 0 Å². The molecule has 2 heterocycles. The molecule has 3 aromatic rings. The lowest BCUT2D eigenvalue weighted by Gasteiger charge is -2.18. The van der Waals surface area contributed by atoms with Gasteiger partial charge in [0.1, 0.15) is 17.6 Å². The van der Waals surface area contributed by atoms with Crippen molar-refractivity contribution in [3.8, 4) is 0 Å². The molecule has 1 unspecified atom stereocenters. The average Bonchev–Trinajstić information content (AvgIpc) is 3.10. The van der Waals surface area contributed by atoms with Gasteiger partial charge in [-0.25, -0.2) is 4.98 Å². The Morgan fingerprint density at radius 3 is 2.75 bits per heavy atom. The van der Waals surface area contributed by atoms with Gasteiger partial charge in [0.2, 0.25) is 0 Å². The fourth-order valence-corrected chi connectivity index (χ4v) is 2.30. The summed E-state index contributed by atoms with van der Waals surface area (Å²) in [5.74, 6) is 1.65. The van der Waals surface area contributed by atoms with Crippen LogP contribution in [0, 0.1) is 0 Å². The quantitative estimate of drug-likeness (QED) is 0.792. The summed E-state index contributed by atoms with van der Waals surface area (Å²) in [7, 11) is 1.95. The normalized spacial score (nSPS) is 12.3. The highest BCUT2D eigenvalue weighted by Crippen LogP contribution is 2.29. The number of nitrogens with one attached hydrogen (secondary N) is 1. The molecule has 102 valence electrons. The van der Waals surface area contributed by atoms with Gasteiger partial charge in [-0.15, -0.1) is 0 Å². The molecular formula is C15H14ClN3O. The number of anilines is 1. The number of rotatable bonds is 4. The standard InChI is InChI=1S/C15H14ClN3O/c1-19-9-8-17-15(19)14(13-7-4-10-20-13)18-12-6-3-2-5-11(12)16/h2-10,14,18H,1H3. The van der Waals surface area contributed by atoms with Gasteiger partial charge in [0.25, 0.3) is 0 Å². The minimum atomic E-state index is -0.190. The first-order valence-electron chi connectivity index (χ1n) is 6.27. The van der Waals surface area contributed by atoms with E-state index in [4.69, 9.17) is 16.0 Å². The number of furan rings is 1. The van der Waals surface area contributed by atoms with Gasteiger partial charge < -0.3 is 14.3 Å². The summed E-state index contributed by atoms with van der Waals surface area (Å²) < 4.78 is 7.48. The van der Waals surface area contributed by atoms with Crippen molar-refractivity contribution in [1.29, 1.82) is 0 Å². The largest absolute Gasteiger partial charge is 0.467 e. The topological polar surface area (TPSA) is 43.0 Å². The third kappa shape index (κ3) is 2.42. The average molecular weight is 288 g/mol. The predicted octanol–water partition coefficient (Wildman–Crippen LogP) is 3.87. The van der Waals surface area contributed by atoms with Gasteiger partial charge in [-0.05, 0) is 24.3 Å². The lowest BCUT2D eigenvalue weighted by Crippen LogP contribution is -2.16. The van der Waals surface area contributed by atoms with Crippen molar-refractivity contribution in [2.24, 2.45) is 7.05 Å². The van der Waals surface area contributed by atoms with Crippen LogP contribution >= 0.6 is 11.6 Å². The minimum Gasteiger partial charge on any atom is -0.467 e. The van der Waals surface area contributed by atoms with Crippen LogP contribution in [-0.4, -0.2) is 9.55 Å². The van der Waals surface area contributed by atoms with Crippen LogP contribution in [0.25, 0.3) is 0 Å². The number of aromatic nitrogens is 2. The molecule has 0 saturated carbocycles. The molecule has 1 aromatic carbocycles. The molecule has 0 aliphatic rings. The number of imidazole rings is 1. The Morgan fingerprint density at radius 2 is 2.10 bits per heavy atom. The van der Waals surface area contributed by atoms with Crippen LogP contribution in [0.5, 0.6) is 0 Å². The van der Waals surface area contributed by atoms with Crippen molar-refractivity contribution < 1.29 is 4.42 Å². The van der Waals surface area contributed by atoms with Gasteiger partial charge in [-0.2, -0.15) is 0 Å². The van der Waals surface area contributed by atoms with Crippen LogP contribution in [0.1, 0.15) is 17.6 Å². The molecule has 0 spiro atoms. The highest BCUT2D eigenvalue weighted by Gasteiger charge is 2.21. The second kappa shape index (κ2) is 5.43. The van der Waals surface area contributed by atoms with Crippen LogP contribution in [0.3, 0.4) is 0 Å². The van der Waals surface area contributed by atoms with Crippen LogP contribution in [0.15, 0.2) is 59.5 Å². The zero-order valence-electron chi connectivity index (χ0n) is 11.0. The van der Waals surface area contributed by atoms with E-state index in [9.17, 15) is 0 Å². The molecule has 1 atom stereocenters. The van der Waals surface area contributed by atoms with E-state index >= 15 is 0 Å². The van der Waals surface area contributed by atoms with Crippen LogP contribution in [0.4, 0.5) is 5.69 Å². The molecule has 1 N–H and O–H groups in total. The van der Waals surface area contributed by atoms with Crippen molar-refractivity contribution in [2.75, 3.05) is 5.32 Å².